The first-order chi connectivity index (χ1) is 18.0. The SMILES string of the molecule is CCCCCCCCCNCCCCCC.Fc1c(F)c(F)c(-c2c(F)c(F)c(F)c(F)c2F)c(F)c1F. The summed E-state index contributed by atoms with van der Waals surface area (Å²) >= 11 is 0. The van der Waals surface area contributed by atoms with Gasteiger partial charge in [0.15, 0.2) is 46.5 Å². The van der Waals surface area contributed by atoms with Crippen molar-refractivity contribution in [1.82, 2.24) is 5.32 Å². The Balaban J connectivity index is 0.000000403. The minimum atomic E-state index is -2.68. The van der Waals surface area contributed by atoms with Gasteiger partial charge in [-0.05, 0) is 25.9 Å². The lowest BCUT2D eigenvalue weighted by molar-refractivity contribution is 0.370. The van der Waals surface area contributed by atoms with Crippen LogP contribution in [-0.2, 0) is 0 Å². The zero-order valence-corrected chi connectivity index (χ0v) is 21.5. The number of nitrogens with one attached hydrogen (secondary N) is 1. The molecule has 0 aliphatic carbocycles. The van der Waals surface area contributed by atoms with E-state index in [9.17, 15) is 43.9 Å². The first kappa shape index (κ1) is 33.7. The highest BCUT2D eigenvalue weighted by atomic mass is 19.2. The van der Waals surface area contributed by atoms with Gasteiger partial charge in [0, 0.05) is 0 Å². The molecule has 2 aromatic rings. The topological polar surface area (TPSA) is 12.0 Å². The summed E-state index contributed by atoms with van der Waals surface area (Å²) in [5.74, 6) is -26.6. The molecule has 0 heterocycles. The third-order valence-electron chi connectivity index (χ3n) is 5.83. The van der Waals surface area contributed by atoms with E-state index in [4.69, 9.17) is 0 Å². The summed E-state index contributed by atoms with van der Waals surface area (Å²) < 4.78 is 131. The monoisotopic (exact) mass is 561 g/mol. The molecule has 2 rings (SSSR count). The predicted molar refractivity (Wildman–Crippen MR) is 126 cm³/mol. The van der Waals surface area contributed by atoms with Crippen molar-refractivity contribution in [1.29, 1.82) is 0 Å². The van der Waals surface area contributed by atoms with Crippen LogP contribution in [0, 0.1) is 58.2 Å². The van der Waals surface area contributed by atoms with E-state index < -0.39 is 69.3 Å². The van der Waals surface area contributed by atoms with Crippen molar-refractivity contribution in [2.45, 2.75) is 84.5 Å². The van der Waals surface area contributed by atoms with Crippen LogP contribution in [0.4, 0.5) is 43.9 Å². The van der Waals surface area contributed by atoms with Crippen molar-refractivity contribution in [3.63, 3.8) is 0 Å². The van der Waals surface area contributed by atoms with E-state index in [1.54, 1.807) is 0 Å². The van der Waals surface area contributed by atoms with E-state index in [2.05, 4.69) is 19.2 Å². The zero-order chi connectivity index (χ0) is 28.8. The van der Waals surface area contributed by atoms with Gasteiger partial charge in [-0.1, -0.05) is 71.6 Å². The predicted octanol–water partition coefficient (Wildman–Crippen LogP) is 9.65. The average molecular weight is 562 g/mol. The molecule has 216 valence electrons. The van der Waals surface area contributed by atoms with E-state index in [1.807, 2.05) is 0 Å². The maximum Gasteiger partial charge on any atom is 0.200 e. The summed E-state index contributed by atoms with van der Waals surface area (Å²) in [6, 6.07) is 0. The molecule has 0 spiro atoms. The van der Waals surface area contributed by atoms with Gasteiger partial charge < -0.3 is 5.32 Å². The van der Waals surface area contributed by atoms with Crippen molar-refractivity contribution in [3.8, 4) is 11.1 Å². The second-order valence-electron chi connectivity index (χ2n) is 8.82. The molecule has 0 bridgehead atoms. The minimum absolute atomic E-state index is 1.23. The van der Waals surface area contributed by atoms with Crippen LogP contribution in [0.1, 0.15) is 84.5 Å². The van der Waals surface area contributed by atoms with Crippen LogP contribution >= 0.6 is 0 Å². The second-order valence-corrected chi connectivity index (χ2v) is 8.82. The van der Waals surface area contributed by atoms with Crippen LogP contribution in [0.15, 0.2) is 0 Å². The lowest BCUT2D eigenvalue weighted by Crippen LogP contribution is -2.16. The van der Waals surface area contributed by atoms with Gasteiger partial charge in [-0.2, -0.15) is 0 Å². The van der Waals surface area contributed by atoms with E-state index in [1.165, 1.54) is 83.7 Å². The van der Waals surface area contributed by atoms with Crippen LogP contribution < -0.4 is 5.32 Å². The fraction of sp³-hybridized carbons (Fsp3) is 0.556. The Bertz CT molecular complexity index is 886. The van der Waals surface area contributed by atoms with Crippen LogP contribution in [0.25, 0.3) is 11.1 Å². The number of hydrogen-bond acceptors (Lipinski definition) is 1. The summed E-state index contributed by atoms with van der Waals surface area (Å²) in [5, 5.41) is 3.55. The molecule has 0 unspecified atom stereocenters. The molecule has 0 saturated carbocycles. The Morgan fingerprint density at radius 3 is 0.895 bits per heavy atom. The van der Waals surface area contributed by atoms with Gasteiger partial charge in [0.1, 0.15) is 0 Å². The Labute approximate surface area is 216 Å². The molecule has 0 radical (unpaired) electrons. The zero-order valence-electron chi connectivity index (χ0n) is 21.5. The maximum atomic E-state index is 13.4. The lowest BCUT2D eigenvalue weighted by atomic mass is 10.0. The molecule has 0 fully saturated rings. The van der Waals surface area contributed by atoms with Gasteiger partial charge in [-0.3, -0.25) is 0 Å². The van der Waals surface area contributed by atoms with Crippen LogP contribution in [0.2, 0.25) is 0 Å². The molecule has 0 aliphatic heterocycles. The van der Waals surface area contributed by atoms with Crippen LogP contribution in [0.5, 0.6) is 0 Å². The molecule has 0 aliphatic rings. The largest absolute Gasteiger partial charge is 0.317 e. The molecule has 0 saturated heterocycles. The Kier molecular flexibility index (Phi) is 15.4. The third kappa shape index (κ3) is 9.17. The van der Waals surface area contributed by atoms with Gasteiger partial charge in [0.05, 0.1) is 11.1 Å². The van der Waals surface area contributed by atoms with Gasteiger partial charge in [0.2, 0.25) is 11.6 Å². The molecule has 0 aromatic heterocycles. The fourth-order valence-electron chi connectivity index (χ4n) is 3.66. The number of unbranched alkanes of at least 4 members (excludes halogenated alkanes) is 9. The lowest BCUT2D eigenvalue weighted by Gasteiger charge is -2.11. The summed E-state index contributed by atoms with van der Waals surface area (Å²) in [6.45, 7) is 7.02. The van der Waals surface area contributed by atoms with Crippen molar-refractivity contribution < 1.29 is 43.9 Å². The van der Waals surface area contributed by atoms with E-state index >= 15 is 0 Å². The molecule has 1 nitrogen and oxygen atoms in total. The molecule has 2 aromatic carbocycles. The summed E-state index contributed by atoms with van der Waals surface area (Å²) in [6.07, 6.45) is 15.4. The van der Waals surface area contributed by atoms with E-state index in [-0.39, 0.29) is 0 Å². The minimum Gasteiger partial charge on any atom is -0.317 e. The van der Waals surface area contributed by atoms with Crippen LogP contribution in [0.3, 0.4) is 0 Å². The van der Waals surface area contributed by atoms with Crippen molar-refractivity contribution in [3.05, 3.63) is 58.2 Å². The second kappa shape index (κ2) is 17.3. The highest BCUT2D eigenvalue weighted by molar-refractivity contribution is 5.67. The van der Waals surface area contributed by atoms with Crippen molar-refractivity contribution in [2.24, 2.45) is 0 Å². The molecule has 0 amide bonds. The number of benzene rings is 2. The highest BCUT2D eigenvalue weighted by Crippen LogP contribution is 2.37. The summed E-state index contributed by atoms with van der Waals surface area (Å²) in [7, 11) is 0. The first-order valence-electron chi connectivity index (χ1n) is 12.8. The number of halogens is 10. The Hall–Kier alpha value is -2.30. The number of hydrogen-bond donors (Lipinski definition) is 1. The molecular formula is C27H33F10N. The van der Waals surface area contributed by atoms with Crippen molar-refractivity contribution >= 4 is 0 Å². The quantitative estimate of drug-likeness (QED) is 0.105. The highest BCUT2D eigenvalue weighted by Gasteiger charge is 2.34. The number of rotatable bonds is 14. The van der Waals surface area contributed by atoms with Gasteiger partial charge >= 0.3 is 0 Å². The van der Waals surface area contributed by atoms with Crippen LogP contribution in [-0.4, -0.2) is 13.1 Å². The molecule has 38 heavy (non-hydrogen) atoms. The van der Waals surface area contributed by atoms with Gasteiger partial charge in [0.25, 0.3) is 0 Å². The molecule has 0 atom stereocenters. The first-order valence-corrected chi connectivity index (χ1v) is 12.8. The Morgan fingerprint density at radius 2 is 0.579 bits per heavy atom. The van der Waals surface area contributed by atoms with E-state index in [0.717, 1.165) is 0 Å². The molecule has 1 N–H and O–H groups in total. The van der Waals surface area contributed by atoms with Gasteiger partial charge in [-0.15, -0.1) is 0 Å². The summed E-state index contributed by atoms with van der Waals surface area (Å²) in [5.41, 5.74) is -4.52. The maximum absolute atomic E-state index is 13.4. The summed E-state index contributed by atoms with van der Waals surface area (Å²) in [4.78, 5) is 0. The third-order valence-corrected chi connectivity index (χ3v) is 5.83. The standard InChI is InChI=1S/C15H33N.C12F10/c1-3-5-7-9-10-11-13-15-16-14-12-8-6-4-2;13-3-1(4(14)8(18)11(21)7(3)17)2-5(15)9(19)12(22)10(20)6(2)16/h16H,3-15H2,1-2H3;. The average Bonchev–Trinajstić information content (AvgIpc) is 2.91. The van der Waals surface area contributed by atoms with E-state index in [0.29, 0.717) is 0 Å². The van der Waals surface area contributed by atoms with Crippen molar-refractivity contribution in [2.75, 3.05) is 13.1 Å². The fourth-order valence-corrected chi connectivity index (χ4v) is 3.66. The molecule has 11 heteroatoms. The smallest absolute Gasteiger partial charge is 0.200 e. The van der Waals surface area contributed by atoms with Gasteiger partial charge in [-0.25, -0.2) is 43.9 Å². The molecular weight excluding hydrogens is 528 g/mol. The normalized spacial score (nSPS) is 11.1. The Morgan fingerprint density at radius 1 is 0.342 bits per heavy atom.